The van der Waals surface area contributed by atoms with E-state index in [-0.39, 0.29) is 36.1 Å². The second-order valence-electron chi connectivity index (χ2n) is 7.67. The number of fused-ring (bicyclic) bond motifs is 2. The van der Waals surface area contributed by atoms with Crippen LogP contribution in [0.3, 0.4) is 0 Å². The van der Waals surface area contributed by atoms with Crippen molar-refractivity contribution in [3.63, 3.8) is 0 Å². The van der Waals surface area contributed by atoms with Gasteiger partial charge < -0.3 is 14.1 Å². The predicted molar refractivity (Wildman–Crippen MR) is 108 cm³/mol. The molecule has 2 fully saturated rings. The normalized spacial score (nSPS) is 23.9. The van der Waals surface area contributed by atoms with Gasteiger partial charge in [-0.25, -0.2) is 13.2 Å². The number of ether oxygens (including phenoxy) is 1. The maximum atomic E-state index is 12.8. The van der Waals surface area contributed by atoms with Gasteiger partial charge in [-0.3, -0.25) is 9.69 Å². The van der Waals surface area contributed by atoms with Crippen molar-refractivity contribution in [2.45, 2.75) is 25.4 Å². The van der Waals surface area contributed by atoms with Gasteiger partial charge in [-0.15, -0.1) is 0 Å². The number of hydrogen-bond acceptors (Lipinski definition) is 7. The molecule has 0 spiro atoms. The molecule has 8 nitrogen and oxygen atoms in total. The second-order valence-corrected chi connectivity index (χ2v) is 9.82. The Bertz CT molecular complexity index is 1110. The average molecular weight is 420 g/mol. The number of carbonyl (C=O) groups excluding carboxylic acids is 1. The van der Waals surface area contributed by atoms with Crippen molar-refractivity contribution in [1.29, 1.82) is 0 Å². The fraction of sp³-hybridized carbons (Fsp3) is 0.500. The van der Waals surface area contributed by atoms with Crippen molar-refractivity contribution in [2.75, 3.05) is 38.2 Å². The first-order valence-electron chi connectivity index (χ1n) is 9.67. The van der Waals surface area contributed by atoms with Gasteiger partial charge in [-0.2, -0.15) is 0 Å². The van der Waals surface area contributed by atoms with Crippen molar-refractivity contribution in [1.82, 2.24) is 9.80 Å². The van der Waals surface area contributed by atoms with Gasteiger partial charge >= 0.3 is 5.63 Å². The molecule has 2 aromatic rings. The Kier molecular flexibility index (Phi) is 5.12. The molecule has 0 unspecified atom stereocenters. The lowest BCUT2D eigenvalue weighted by molar-refractivity contribution is -0.138. The molecule has 0 radical (unpaired) electrons. The van der Waals surface area contributed by atoms with Gasteiger partial charge in [-0.1, -0.05) is 6.92 Å². The van der Waals surface area contributed by atoms with Crippen molar-refractivity contribution < 1.29 is 22.4 Å². The molecule has 0 N–H and O–H groups in total. The van der Waals surface area contributed by atoms with E-state index < -0.39 is 15.5 Å². The van der Waals surface area contributed by atoms with Crippen molar-refractivity contribution in [3.05, 3.63) is 40.2 Å². The van der Waals surface area contributed by atoms with Crippen LogP contribution in [0.4, 0.5) is 0 Å². The molecule has 0 aliphatic carbocycles. The molecule has 0 bridgehead atoms. The Morgan fingerprint density at radius 1 is 1.21 bits per heavy atom. The molecule has 3 heterocycles. The van der Waals surface area contributed by atoms with Gasteiger partial charge in [0.05, 0.1) is 17.5 Å². The summed E-state index contributed by atoms with van der Waals surface area (Å²) >= 11 is 0. The Morgan fingerprint density at radius 3 is 2.72 bits per heavy atom. The molecule has 1 aromatic heterocycles. The first-order valence-corrected chi connectivity index (χ1v) is 11.5. The van der Waals surface area contributed by atoms with Crippen LogP contribution in [0.15, 0.2) is 33.5 Å². The van der Waals surface area contributed by atoms with Crippen LogP contribution in [0.5, 0.6) is 5.75 Å². The van der Waals surface area contributed by atoms with Crippen LogP contribution in [-0.2, 0) is 21.1 Å². The summed E-state index contributed by atoms with van der Waals surface area (Å²) in [5.41, 5.74) is 0.888. The van der Waals surface area contributed by atoms with E-state index in [0.29, 0.717) is 30.8 Å². The Labute approximate surface area is 169 Å². The standard InChI is InChI=1S/C20H24N2O6S/c1-3-13-8-20(24)28-18-9-14(4-5-15(13)18)27-10-19(23)22-7-6-21(2)16-11-29(25,26)12-17(16)22/h4-5,8-9,16-17H,3,6-7,10-12H2,1-2H3/t16-,17+/m1/s1. The van der Waals surface area contributed by atoms with Crippen molar-refractivity contribution in [2.24, 2.45) is 0 Å². The average Bonchev–Trinajstić information content (AvgIpc) is 3.01. The van der Waals surface area contributed by atoms with E-state index in [1.54, 1.807) is 17.0 Å². The summed E-state index contributed by atoms with van der Waals surface area (Å²) in [4.78, 5) is 28.1. The summed E-state index contributed by atoms with van der Waals surface area (Å²) in [6.45, 7) is 2.87. The van der Waals surface area contributed by atoms with E-state index in [0.717, 1.165) is 10.9 Å². The summed E-state index contributed by atoms with van der Waals surface area (Å²) in [5.74, 6) is 0.262. The van der Waals surface area contributed by atoms with E-state index >= 15 is 0 Å². The molecular weight excluding hydrogens is 396 g/mol. The highest BCUT2D eigenvalue weighted by Crippen LogP contribution is 2.27. The summed E-state index contributed by atoms with van der Waals surface area (Å²) in [7, 11) is -1.26. The van der Waals surface area contributed by atoms with Crippen LogP contribution in [0, 0.1) is 0 Å². The third-order valence-corrected chi connectivity index (χ3v) is 7.52. The molecule has 29 heavy (non-hydrogen) atoms. The highest BCUT2D eigenvalue weighted by molar-refractivity contribution is 7.91. The van der Waals surface area contributed by atoms with Gasteiger partial charge in [-0.05, 0) is 31.2 Å². The lowest BCUT2D eigenvalue weighted by Gasteiger charge is -2.42. The molecular formula is C20H24N2O6S. The van der Waals surface area contributed by atoms with Crippen molar-refractivity contribution in [3.8, 4) is 5.75 Å². The number of hydrogen-bond donors (Lipinski definition) is 0. The van der Waals surface area contributed by atoms with Gasteiger partial charge in [0.1, 0.15) is 11.3 Å². The second kappa shape index (κ2) is 7.46. The summed E-state index contributed by atoms with van der Waals surface area (Å²) in [5, 5.41) is 0.837. The zero-order chi connectivity index (χ0) is 20.8. The van der Waals surface area contributed by atoms with Gasteiger partial charge in [0.2, 0.25) is 0 Å². The van der Waals surface area contributed by atoms with Crippen LogP contribution in [0.25, 0.3) is 11.0 Å². The van der Waals surface area contributed by atoms with E-state index in [1.807, 2.05) is 24.9 Å². The fourth-order valence-electron chi connectivity index (χ4n) is 4.26. The lowest BCUT2D eigenvalue weighted by Crippen LogP contribution is -2.60. The van der Waals surface area contributed by atoms with Crippen LogP contribution < -0.4 is 10.4 Å². The quantitative estimate of drug-likeness (QED) is 0.671. The number of nitrogens with zero attached hydrogens (tertiary/aromatic N) is 2. The number of likely N-dealkylation sites (N-methyl/N-ethyl adjacent to an activating group) is 1. The number of benzene rings is 1. The highest BCUT2D eigenvalue weighted by atomic mass is 32.2. The van der Waals surface area contributed by atoms with Crippen LogP contribution in [-0.4, -0.2) is 74.5 Å². The molecule has 2 aliphatic heterocycles. The van der Waals surface area contributed by atoms with Gasteiger partial charge in [0.25, 0.3) is 5.91 Å². The predicted octanol–water partition coefficient (Wildman–Crippen LogP) is 0.674. The Hall–Kier alpha value is -2.39. The summed E-state index contributed by atoms with van der Waals surface area (Å²) < 4.78 is 35.0. The van der Waals surface area contributed by atoms with E-state index in [4.69, 9.17) is 9.15 Å². The van der Waals surface area contributed by atoms with Gasteiger partial charge in [0.15, 0.2) is 16.4 Å². The zero-order valence-electron chi connectivity index (χ0n) is 16.5. The molecule has 2 atom stereocenters. The Morgan fingerprint density at radius 2 is 1.97 bits per heavy atom. The molecule has 156 valence electrons. The minimum absolute atomic E-state index is 0.00529. The highest BCUT2D eigenvalue weighted by Gasteiger charge is 2.46. The minimum atomic E-state index is -3.15. The van der Waals surface area contributed by atoms with Crippen molar-refractivity contribution >= 4 is 26.7 Å². The SMILES string of the molecule is CCc1cc(=O)oc2cc(OCC(=O)N3CCN(C)[C@@H]4CS(=O)(=O)C[C@@H]43)ccc12. The topological polar surface area (TPSA) is 97.1 Å². The first kappa shape index (κ1) is 19.9. The number of sulfone groups is 1. The van der Waals surface area contributed by atoms with E-state index in [9.17, 15) is 18.0 Å². The molecule has 0 saturated carbocycles. The summed E-state index contributed by atoms with van der Waals surface area (Å²) in [6, 6.07) is 6.13. The largest absolute Gasteiger partial charge is 0.484 e. The van der Waals surface area contributed by atoms with E-state index in [1.165, 1.54) is 6.07 Å². The van der Waals surface area contributed by atoms with Crippen LogP contribution in [0.2, 0.25) is 0 Å². The number of rotatable bonds is 4. The number of carbonyl (C=O) groups is 1. The maximum absolute atomic E-state index is 12.8. The molecule has 2 aliphatic rings. The monoisotopic (exact) mass is 420 g/mol. The Balaban J connectivity index is 1.49. The minimum Gasteiger partial charge on any atom is -0.484 e. The third-order valence-electron chi connectivity index (χ3n) is 5.82. The smallest absolute Gasteiger partial charge is 0.336 e. The number of piperazine rings is 1. The maximum Gasteiger partial charge on any atom is 0.336 e. The van der Waals surface area contributed by atoms with Crippen LogP contribution in [0.1, 0.15) is 12.5 Å². The number of amides is 1. The molecule has 1 aromatic carbocycles. The molecule has 2 saturated heterocycles. The lowest BCUT2D eigenvalue weighted by atomic mass is 10.1. The fourth-order valence-corrected chi connectivity index (χ4v) is 6.31. The zero-order valence-corrected chi connectivity index (χ0v) is 17.3. The molecule has 9 heteroatoms. The third kappa shape index (κ3) is 3.89. The number of aryl methyl sites for hydroxylation is 1. The summed E-state index contributed by atoms with van der Waals surface area (Å²) in [6.07, 6.45) is 0.704. The molecule has 1 amide bonds. The first-order chi connectivity index (χ1) is 13.8. The molecule has 4 rings (SSSR count). The van der Waals surface area contributed by atoms with Gasteiger partial charge in [0, 0.05) is 36.7 Å². The van der Waals surface area contributed by atoms with E-state index in [2.05, 4.69) is 0 Å². The van der Waals surface area contributed by atoms with Crippen LogP contribution >= 0.6 is 0 Å².